The maximum absolute atomic E-state index is 12.4. The van der Waals surface area contributed by atoms with E-state index in [2.05, 4.69) is 45.2 Å². The molecule has 2 aromatic rings. The van der Waals surface area contributed by atoms with E-state index in [0.29, 0.717) is 5.92 Å². The number of guanidine groups is 1. The van der Waals surface area contributed by atoms with Gasteiger partial charge < -0.3 is 20.9 Å². The predicted molar refractivity (Wildman–Crippen MR) is 121 cm³/mol. The number of benzene rings is 2. The number of piperidine rings is 1. The van der Waals surface area contributed by atoms with E-state index in [-0.39, 0.29) is 18.4 Å². The second kappa shape index (κ2) is 10.2. The number of hydrogen-bond acceptors (Lipinski definition) is 4. The van der Waals surface area contributed by atoms with E-state index in [0.717, 1.165) is 62.8 Å². The smallest absolute Gasteiger partial charge is 0.321 e. The van der Waals surface area contributed by atoms with Crippen LogP contribution >= 0.6 is 12.4 Å². The Hall–Kier alpha value is -2.73. The van der Waals surface area contributed by atoms with Crippen LogP contribution in [0.2, 0.25) is 0 Å². The second-order valence-electron chi connectivity index (χ2n) is 7.41. The van der Waals surface area contributed by atoms with Gasteiger partial charge in [-0.2, -0.15) is 0 Å². The highest BCUT2D eigenvalue weighted by molar-refractivity contribution is 5.94. The summed E-state index contributed by atoms with van der Waals surface area (Å²) in [6, 6.07) is 18.2. The highest BCUT2D eigenvalue weighted by Crippen LogP contribution is 2.23. The number of carbonyl (C=O) groups is 1. The Kier molecular flexibility index (Phi) is 7.36. The number of hydrogen-bond donors (Lipinski definition) is 3. The van der Waals surface area contributed by atoms with Gasteiger partial charge in [-0.3, -0.25) is 4.99 Å². The van der Waals surface area contributed by atoms with E-state index in [9.17, 15) is 4.79 Å². The number of nitrogens with zero attached hydrogens (tertiary/aromatic N) is 2. The molecule has 2 aliphatic heterocycles. The Morgan fingerprint density at radius 2 is 1.76 bits per heavy atom. The third-order valence-electron chi connectivity index (χ3n) is 5.34. The number of aliphatic imine (C=N–C) groups is 1. The van der Waals surface area contributed by atoms with E-state index in [1.807, 2.05) is 35.2 Å². The molecule has 1 saturated heterocycles. The number of urea groups is 1. The average Bonchev–Trinajstić information content (AvgIpc) is 3.24. The van der Waals surface area contributed by atoms with Crippen LogP contribution in [0.5, 0.6) is 0 Å². The minimum atomic E-state index is 0. The Labute approximate surface area is 178 Å². The molecule has 6 nitrogen and oxygen atoms in total. The van der Waals surface area contributed by atoms with Gasteiger partial charge in [0, 0.05) is 31.0 Å². The molecule has 29 heavy (non-hydrogen) atoms. The Morgan fingerprint density at radius 3 is 2.41 bits per heavy atom. The van der Waals surface area contributed by atoms with Gasteiger partial charge in [-0.1, -0.05) is 30.3 Å². The first-order chi connectivity index (χ1) is 13.8. The number of para-hydroxylation sites is 1. The van der Waals surface area contributed by atoms with Gasteiger partial charge in [0.1, 0.15) is 0 Å². The summed E-state index contributed by atoms with van der Waals surface area (Å²) in [5, 5.41) is 9.49. The number of carbonyl (C=O) groups excluding carboxylic acids is 1. The van der Waals surface area contributed by atoms with Crippen LogP contribution in [0.15, 0.2) is 59.6 Å². The standard InChI is InChI=1S/C22H27N5O.ClH/c28-22(26-19-4-2-1-3-5-19)27-14-10-18(11-15-27)16-17-6-8-20(9-7-17)25-21-23-12-13-24-21;/h1-9,18H,10-16H2,(H,26,28)(H2,23,24,25);1H. The minimum absolute atomic E-state index is 0. The first kappa shape index (κ1) is 21.0. The van der Waals surface area contributed by atoms with Crippen molar-refractivity contribution in [1.82, 2.24) is 10.2 Å². The number of rotatable bonds is 4. The average molecular weight is 414 g/mol. The zero-order chi connectivity index (χ0) is 19.2. The molecule has 0 aromatic heterocycles. The fourth-order valence-electron chi connectivity index (χ4n) is 3.74. The van der Waals surface area contributed by atoms with Gasteiger partial charge in [0.15, 0.2) is 5.96 Å². The molecule has 0 spiro atoms. The van der Waals surface area contributed by atoms with Crippen molar-refractivity contribution in [2.45, 2.75) is 19.3 Å². The van der Waals surface area contributed by atoms with Gasteiger partial charge in [-0.05, 0) is 55.0 Å². The second-order valence-corrected chi connectivity index (χ2v) is 7.41. The molecule has 0 aliphatic carbocycles. The van der Waals surface area contributed by atoms with Crippen molar-refractivity contribution in [3.05, 3.63) is 60.2 Å². The molecule has 0 radical (unpaired) electrons. The lowest BCUT2D eigenvalue weighted by atomic mass is 9.90. The summed E-state index contributed by atoms with van der Waals surface area (Å²) in [5.74, 6) is 1.48. The molecule has 2 heterocycles. The number of anilines is 2. The SMILES string of the molecule is Cl.O=C(Nc1ccccc1)N1CCC(Cc2ccc(NC3=NCCN3)cc2)CC1. The Balaban J connectivity index is 0.00000240. The summed E-state index contributed by atoms with van der Waals surface area (Å²) < 4.78 is 0. The van der Waals surface area contributed by atoms with Crippen molar-refractivity contribution < 1.29 is 4.79 Å². The van der Waals surface area contributed by atoms with Gasteiger partial charge in [-0.15, -0.1) is 12.4 Å². The van der Waals surface area contributed by atoms with Crippen LogP contribution in [-0.2, 0) is 6.42 Å². The van der Waals surface area contributed by atoms with Crippen molar-refractivity contribution in [3.63, 3.8) is 0 Å². The van der Waals surface area contributed by atoms with E-state index in [1.54, 1.807) is 0 Å². The van der Waals surface area contributed by atoms with Crippen LogP contribution in [0.25, 0.3) is 0 Å². The van der Waals surface area contributed by atoms with Crippen molar-refractivity contribution >= 4 is 35.8 Å². The first-order valence-electron chi connectivity index (χ1n) is 10.0. The van der Waals surface area contributed by atoms with Crippen molar-refractivity contribution in [2.24, 2.45) is 10.9 Å². The molecule has 0 saturated carbocycles. The highest BCUT2D eigenvalue weighted by atomic mass is 35.5. The van der Waals surface area contributed by atoms with Gasteiger partial charge in [0.2, 0.25) is 0 Å². The molecule has 2 amide bonds. The largest absolute Gasteiger partial charge is 0.354 e. The van der Waals surface area contributed by atoms with Gasteiger partial charge in [-0.25, -0.2) is 4.79 Å². The van der Waals surface area contributed by atoms with E-state index in [4.69, 9.17) is 0 Å². The third-order valence-corrected chi connectivity index (χ3v) is 5.34. The molecule has 2 aromatic carbocycles. The Bertz CT molecular complexity index is 817. The summed E-state index contributed by atoms with van der Waals surface area (Å²) in [6.07, 6.45) is 3.15. The molecule has 0 unspecified atom stereocenters. The highest BCUT2D eigenvalue weighted by Gasteiger charge is 2.23. The van der Waals surface area contributed by atoms with Crippen molar-refractivity contribution in [3.8, 4) is 0 Å². The molecular formula is C22H28ClN5O. The molecular weight excluding hydrogens is 386 g/mol. The lowest BCUT2D eigenvalue weighted by molar-refractivity contribution is 0.182. The third kappa shape index (κ3) is 5.87. The summed E-state index contributed by atoms with van der Waals surface area (Å²) in [4.78, 5) is 18.7. The molecule has 3 N–H and O–H groups in total. The topological polar surface area (TPSA) is 68.8 Å². The van der Waals surface area contributed by atoms with E-state index < -0.39 is 0 Å². The number of nitrogens with one attached hydrogen (secondary N) is 3. The van der Waals surface area contributed by atoms with Gasteiger partial charge in [0.25, 0.3) is 0 Å². The van der Waals surface area contributed by atoms with Crippen LogP contribution in [0.3, 0.4) is 0 Å². The number of likely N-dealkylation sites (tertiary alicyclic amines) is 1. The molecule has 2 aliphatic rings. The normalized spacial score (nSPS) is 16.4. The first-order valence-corrected chi connectivity index (χ1v) is 10.0. The summed E-state index contributed by atoms with van der Waals surface area (Å²) in [5.41, 5.74) is 3.26. The summed E-state index contributed by atoms with van der Waals surface area (Å²) in [6.45, 7) is 3.37. The van der Waals surface area contributed by atoms with Crippen LogP contribution in [0.4, 0.5) is 16.2 Å². The molecule has 154 valence electrons. The lowest BCUT2D eigenvalue weighted by Gasteiger charge is -2.32. The summed E-state index contributed by atoms with van der Waals surface area (Å²) in [7, 11) is 0. The fraction of sp³-hybridized carbons (Fsp3) is 0.364. The van der Waals surface area contributed by atoms with Crippen LogP contribution in [0.1, 0.15) is 18.4 Å². The van der Waals surface area contributed by atoms with Crippen LogP contribution in [-0.4, -0.2) is 43.1 Å². The van der Waals surface area contributed by atoms with E-state index >= 15 is 0 Å². The summed E-state index contributed by atoms with van der Waals surface area (Å²) >= 11 is 0. The predicted octanol–water partition coefficient (Wildman–Crippen LogP) is 3.97. The maximum Gasteiger partial charge on any atom is 0.321 e. The molecule has 4 rings (SSSR count). The number of halogens is 1. The molecule has 7 heteroatoms. The van der Waals surface area contributed by atoms with Crippen molar-refractivity contribution in [1.29, 1.82) is 0 Å². The van der Waals surface area contributed by atoms with Crippen molar-refractivity contribution in [2.75, 3.05) is 36.8 Å². The quantitative estimate of drug-likeness (QED) is 0.710. The monoisotopic (exact) mass is 413 g/mol. The maximum atomic E-state index is 12.4. The van der Waals surface area contributed by atoms with Gasteiger partial charge in [0.05, 0.1) is 6.54 Å². The molecule has 0 bridgehead atoms. The van der Waals surface area contributed by atoms with Gasteiger partial charge >= 0.3 is 6.03 Å². The zero-order valence-electron chi connectivity index (χ0n) is 16.4. The van der Waals surface area contributed by atoms with E-state index in [1.165, 1.54) is 5.56 Å². The minimum Gasteiger partial charge on any atom is -0.354 e. The molecule has 1 fully saturated rings. The zero-order valence-corrected chi connectivity index (χ0v) is 17.3. The van der Waals surface area contributed by atoms with Crippen LogP contribution in [0, 0.1) is 5.92 Å². The lowest BCUT2D eigenvalue weighted by Crippen LogP contribution is -2.41. The number of amides is 2. The van der Waals surface area contributed by atoms with Crippen LogP contribution < -0.4 is 16.0 Å². The molecule has 0 atom stereocenters. The fourth-order valence-corrected chi connectivity index (χ4v) is 3.74. The Morgan fingerprint density at radius 1 is 1.03 bits per heavy atom.